The third kappa shape index (κ3) is 4.83. The molecule has 2 N–H and O–H groups in total. The van der Waals surface area contributed by atoms with E-state index in [0.717, 1.165) is 11.3 Å². The highest BCUT2D eigenvalue weighted by Crippen LogP contribution is 2.21. The zero-order valence-corrected chi connectivity index (χ0v) is 16.3. The second-order valence-electron chi connectivity index (χ2n) is 6.08. The molecule has 0 aliphatic carbocycles. The summed E-state index contributed by atoms with van der Waals surface area (Å²) in [7, 11) is 0. The second kappa shape index (κ2) is 9.27. The number of rotatable bonds is 8. The molecule has 1 heterocycles. The Morgan fingerprint density at radius 2 is 2.00 bits per heavy atom. The number of benzene rings is 2. The SMILES string of the molecule is CCOc1ccc(-c2n[nH]c(=S)n2CCC(=O)NCc2ccccc2F)cc1. The second-order valence-corrected chi connectivity index (χ2v) is 6.47. The van der Waals surface area contributed by atoms with Gasteiger partial charge in [0.15, 0.2) is 10.6 Å². The summed E-state index contributed by atoms with van der Waals surface area (Å²) in [5.74, 6) is 0.899. The zero-order valence-electron chi connectivity index (χ0n) is 15.4. The maximum absolute atomic E-state index is 13.6. The Hall–Kier alpha value is -3.00. The quantitative estimate of drug-likeness (QED) is 0.564. The number of amides is 1. The molecule has 1 amide bonds. The lowest BCUT2D eigenvalue weighted by Gasteiger charge is -2.09. The molecule has 0 bridgehead atoms. The maximum atomic E-state index is 13.6. The van der Waals surface area contributed by atoms with Crippen molar-refractivity contribution in [2.45, 2.75) is 26.4 Å². The van der Waals surface area contributed by atoms with Crippen molar-refractivity contribution >= 4 is 18.1 Å². The fourth-order valence-corrected chi connectivity index (χ4v) is 2.97. The number of halogens is 1. The fraction of sp³-hybridized carbons (Fsp3) is 0.250. The summed E-state index contributed by atoms with van der Waals surface area (Å²) in [5, 5.41) is 9.77. The molecule has 8 heteroatoms. The van der Waals surface area contributed by atoms with E-state index in [-0.39, 0.29) is 24.7 Å². The molecule has 6 nitrogen and oxygen atoms in total. The molecule has 0 unspecified atom stereocenters. The Morgan fingerprint density at radius 1 is 1.25 bits per heavy atom. The summed E-state index contributed by atoms with van der Waals surface area (Å²) in [6.45, 7) is 3.03. The number of nitrogens with zero attached hydrogens (tertiary/aromatic N) is 2. The summed E-state index contributed by atoms with van der Waals surface area (Å²) >= 11 is 5.29. The van der Waals surface area contributed by atoms with Crippen molar-refractivity contribution in [3.63, 3.8) is 0 Å². The highest BCUT2D eigenvalue weighted by Gasteiger charge is 2.11. The van der Waals surface area contributed by atoms with Gasteiger partial charge in [0.05, 0.1) is 6.61 Å². The van der Waals surface area contributed by atoms with Crippen LogP contribution in [-0.2, 0) is 17.9 Å². The summed E-state index contributed by atoms with van der Waals surface area (Å²) < 4.78 is 21.3. The van der Waals surface area contributed by atoms with Gasteiger partial charge in [-0.15, -0.1) is 0 Å². The van der Waals surface area contributed by atoms with Crippen molar-refractivity contribution in [2.24, 2.45) is 0 Å². The molecule has 0 saturated heterocycles. The van der Waals surface area contributed by atoms with E-state index >= 15 is 0 Å². The van der Waals surface area contributed by atoms with Gasteiger partial charge in [-0.2, -0.15) is 5.10 Å². The van der Waals surface area contributed by atoms with Crippen LogP contribution < -0.4 is 10.1 Å². The van der Waals surface area contributed by atoms with E-state index in [1.165, 1.54) is 6.07 Å². The lowest BCUT2D eigenvalue weighted by molar-refractivity contribution is -0.121. The van der Waals surface area contributed by atoms with E-state index in [1.54, 1.807) is 22.8 Å². The van der Waals surface area contributed by atoms with Crippen LogP contribution >= 0.6 is 12.2 Å². The van der Waals surface area contributed by atoms with Crippen LogP contribution in [0.4, 0.5) is 4.39 Å². The third-order valence-corrected chi connectivity index (χ3v) is 4.49. The molecule has 28 heavy (non-hydrogen) atoms. The minimum Gasteiger partial charge on any atom is -0.494 e. The van der Waals surface area contributed by atoms with Gasteiger partial charge >= 0.3 is 0 Å². The summed E-state index contributed by atoms with van der Waals surface area (Å²) in [6.07, 6.45) is 0.201. The van der Waals surface area contributed by atoms with Gasteiger partial charge in [-0.05, 0) is 49.5 Å². The van der Waals surface area contributed by atoms with Gasteiger partial charge in [-0.25, -0.2) is 4.39 Å². The normalized spacial score (nSPS) is 10.6. The number of aromatic nitrogens is 3. The molecule has 0 aliphatic rings. The Morgan fingerprint density at radius 3 is 2.71 bits per heavy atom. The average Bonchev–Trinajstić information content (AvgIpc) is 3.07. The number of hydrogen-bond donors (Lipinski definition) is 2. The molecular weight excluding hydrogens is 379 g/mol. The number of H-pyrrole nitrogens is 1. The first kappa shape index (κ1) is 19.8. The summed E-state index contributed by atoms with van der Waals surface area (Å²) in [5.41, 5.74) is 1.31. The highest BCUT2D eigenvalue weighted by atomic mass is 32.1. The van der Waals surface area contributed by atoms with E-state index in [4.69, 9.17) is 17.0 Å². The molecule has 0 atom stereocenters. The van der Waals surface area contributed by atoms with E-state index in [1.807, 2.05) is 31.2 Å². The van der Waals surface area contributed by atoms with Crippen LogP contribution in [-0.4, -0.2) is 27.3 Å². The third-order valence-electron chi connectivity index (χ3n) is 4.18. The van der Waals surface area contributed by atoms with Gasteiger partial charge in [0.25, 0.3) is 0 Å². The maximum Gasteiger partial charge on any atom is 0.222 e. The Balaban J connectivity index is 1.63. The Kier molecular flexibility index (Phi) is 6.54. The number of carbonyl (C=O) groups excluding carboxylic acids is 1. The number of ether oxygens (including phenoxy) is 1. The lowest BCUT2D eigenvalue weighted by Crippen LogP contribution is -2.24. The molecule has 0 saturated carbocycles. The molecule has 2 aromatic carbocycles. The molecule has 0 spiro atoms. The van der Waals surface area contributed by atoms with Crippen molar-refractivity contribution < 1.29 is 13.9 Å². The number of hydrogen-bond acceptors (Lipinski definition) is 4. The van der Waals surface area contributed by atoms with Crippen LogP contribution in [0, 0.1) is 10.6 Å². The van der Waals surface area contributed by atoms with Crippen molar-refractivity contribution in [1.29, 1.82) is 0 Å². The van der Waals surface area contributed by atoms with Crippen molar-refractivity contribution in [2.75, 3.05) is 6.61 Å². The minimum absolute atomic E-state index is 0.147. The van der Waals surface area contributed by atoms with E-state index < -0.39 is 0 Å². The standard InChI is InChI=1S/C20H21FN4O2S/c1-2-27-16-9-7-14(8-10-16)19-23-24-20(28)25(19)12-11-18(26)22-13-15-5-3-4-6-17(15)21/h3-10H,2,11-13H2,1H3,(H,22,26)(H,24,28). The van der Waals surface area contributed by atoms with Crippen molar-refractivity contribution in [3.05, 3.63) is 64.7 Å². The van der Waals surface area contributed by atoms with E-state index in [9.17, 15) is 9.18 Å². The van der Waals surface area contributed by atoms with E-state index in [2.05, 4.69) is 15.5 Å². The zero-order chi connectivity index (χ0) is 19.9. The summed E-state index contributed by atoms with van der Waals surface area (Å²) in [4.78, 5) is 12.2. The Labute approximate surface area is 167 Å². The molecule has 0 radical (unpaired) electrons. The molecule has 0 fully saturated rings. The average molecular weight is 400 g/mol. The number of aromatic amines is 1. The minimum atomic E-state index is -0.336. The first-order valence-electron chi connectivity index (χ1n) is 8.97. The number of nitrogens with one attached hydrogen (secondary N) is 2. The monoisotopic (exact) mass is 400 g/mol. The number of carbonyl (C=O) groups is 1. The first-order chi connectivity index (χ1) is 13.6. The Bertz CT molecular complexity index is 998. The lowest BCUT2D eigenvalue weighted by atomic mass is 10.2. The molecule has 146 valence electrons. The molecule has 0 aliphatic heterocycles. The van der Waals surface area contributed by atoms with Crippen LogP contribution in [0.5, 0.6) is 5.75 Å². The topological polar surface area (TPSA) is 71.9 Å². The van der Waals surface area contributed by atoms with Crippen LogP contribution in [0.3, 0.4) is 0 Å². The van der Waals surface area contributed by atoms with Gasteiger partial charge < -0.3 is 10.1 Å². The van der Waals surface area contributed by atoms with Gasteiger partial charge in [-0.1, -0.05) is 18.2 Å². The largest absolute Gasteiger partial charge is 0.494 e. The summed E-state index contributed by atoms with van der Waals surface area (Å²) in [6, 6.07) is 13.9. The first-order valence-corrected chi connectivity index (χ1v) is 9.38. The molecular formula is C20H21FN4O2S. The van der Waals surface area contributed by atoms with E-state index in [0.29, 0.717) is 29.3 Å². The van der Waals surface area contributed by atoms with Crippen LogP contribution in [0.25, 0.3) is 11.4 Å². The van der Waals surface area contributed by atoms with Crippen LogP contribution in [0.2, 0.25) is 0 Å². The molecule has 3 aromatic rings. The van der Waals surface area contributed by atoms with Crippen molar-refractivity contribution in [3.8, 4) is 17.1 Å². The van der Waals surface area contributed by atoms with Gasteiger partial charge in [0, 0.05) is 30.6 Å². The van der Waals surface area contributed by atoms with Gasteiger partial charge in [0.2, 0.25) is 5.91 Å². The highest BCUT2D eigenvalue weighted by molar-refractivity contribution is 7.71. The smallest absolute Gasteiger partial charge is 0.222 e. The van der Waals surface area contributed by atoms with Crippen LogP contribution in [0.1, 0.15) is 18.9 Å². The van der Waals surface area contributed by atoms with Crippen molar-refractivity contribution in [1.82, 2.24) is 20.1 Å². The van der Waals surface area contributed by atoms with Gasteiger partial charge in [-0.3, -0.25) is 14.5 Å². The fourth-order valence-electron chi connectivity index (χ4n) is 2.75. The molecule has 3 rings (SSSR count). The molecule has 1 aromatic heterocycles. The predicted octanol–water partition coefficient (Wildman–Crippen LogP) is 3.85. The van der Waals surface area contributed by atoms with Gasteiger partial charge in [0.1, 0.15) is 11.6 Å². The predicted molar refractivity (Wildman–Crippen MR) is 107 cm³/mol. The van der Waals surface area contributed by atoms with Crippen LogP contribution in [0.15, 0.2) is 48.5 Å².